The molecule has 1 heterocycles. The van der Waals surface area contributed by atoms with Crippen LogP contribution >= 0.6 is 23.2 Å². The van der Waals surface area contributed by atoms with Crippen molar-refractivity contribution in [3.8, 4) is 0 Å². The molecule has 1 N–H and O–H groups in total. The second-order valence-corrected chi connectivity index (χ2v) is 5.16. The molecule has 1 aromatic heterocycles. The highest BCUT2D eigenvalue weighted by atomic mass is 35.5. The number of hydrogen-bond donors (Lipinski definition) is 1. The van der Waals surface area contributed by atoms with E-state index in [-0.39, 0.29) is 0 Å². The Bertz CT molecular complexity index is 547. The van der Waals surface area contributed by atoms with E-state index in [1.54, 1.807) is 4.68 Å². The first-order chi connectivity index (χ1) is 9.11. The first-order valence-electron chi connectivity index (χ1n) is 6.14. The van der Waals surface area contributed by atoms with Crippen molar-refractivity contribution in [2.45, 2.75) is 25.9 Å². The fourth-order valence-electron chi connectivity index (χ4n) is 1.95. The molecular formula is C14H17Cl2N3. The summed E-state index contributed by atoms with van der Waals surface area (Å²) in [6.07, 6.45) is 0. The molecule has 3 nitrogen and oxygen atoms in total. The van der Waals surface area contributed by atoms with Crippen molar-refractivity contribution in [3.63, 3.8) is 0 Å². The highest BCUT2D eigenvalue weighted by molar-refractivity contribution is 6.30. The lowest BCUT2D eigenvalue weighted by molar-refractivity contribution is 0.690. The third-order valence-electron chi connectivity index (χ3n) is 3.08. The first kappa shape index (κ1) is 14.4. The van der Waals surface area contributed by atoms with E-state index in [0.717, 1.165) is 29.9 Å². The Morgan fingerprint density at radius 2 is 1.79 bits per heavy atom. The van der Waals surface area contributed by atoms with Crippen molar-refractivity contribution in [3.05, 3.63) is 51.8 Å². The standard InChI is InChI=1S/C14H17Cl2N3/c1-10-13(14(16)19(2)18-10)9-17-8-12-5-3-11(7-15)4-6-12/h3-6,17H,7-9H2,1-2H3. The summed E-state index contributed by atoms with van der Waals surface area (Å²) in [6, 6.07) is 8.27. The summed E-state index contributed by atoms with van der Waals surface area (Å²) in [5.74, 6) is 0.554. The molecule has 1 aromatic carbocycles. The van der Waals surface area contributed by atoms with Crippen LogP contribution in [0.5, 0.6) is 0 Å². The molecule has 0 unspecified atom stereocenters. The number of nitrogens with zero attached hydrogens (tertiary/aromatic N) is 2. The number of alkyl halides is 1. The molecule has 0 radical (unpaired) electrons. The molecule has 0 aliphatic carbocycles. The highest BCUT2D eigenvalue weighted by Crippen LogP contribution is 2.18. The summed E-state index contributed by atoms with van der Waals surface area (Å²) in [6.45, 7) is 3.49. The highest BCUT2D eigenvalue weighted by Gasteiger charge is 2.10. The Morgan fingerprint density at radius 3 is 2.32 bits per heavy atom. The van der Waals surface area contributed by atoms with Crippen molar-refractivity contribution in [1.82, 2.24) is 15.1 Å². The molecule has 102 valence electrons. The van der Waals surface area contributed by atoms with E-state index in [9.17, 15) is 0 Å². The fraction of sp³-hybridized carbons (Fsp3) is 0.357. The lowest BCUT2D eigenvalue weighted by Gasteiger charge is -2.05. The maximum absolute atomic E-state index is 6.18. The Labute approximate surface area is 123 Å². The third kappa shape index (κ3) is 3.50. The van der Waals surface area contributed by atoms with Crippen LogP contribution in [-0.2, 0) is 26.0 Å². The average Bonchev–Trinajstić information content (AvgIpc) is 2.66. The molecule has 2 aromatic rings. The molecule has 0 spiro atoms. The van der Waals surface area contributed by atoms with Crippen molar-refractivity contribution in [2.24, 2.45) is 7.05 Å². The SMILES string of the molecule is Cc1nn(C)c(Cl)c1CNCc1ccc(CCl)cc1. The van der Waals surface area contributed by atoms with Crippen molar-refractivity contribution in [1.29, 1.82) is 0 Å². The summed E-state index contributed by atoms with van der Waals surface area (Å²) < 4.78 is 1.70. The molecule has 19 heavy (non-hydrogen) atoms. The van der Waals surface area contributed by atoms with E-state index in [4.69, 9.17) is 23.2 Å². The molecule has 0 atom stereocenters. The van der Waals surface area contributed by atoms with Crippen molar-refractivity contribution in [2.75, 3.05) is 0 Å². The van der Waals surface area contributed by atoms with Gasteiger partial charge in [-0.1, -0.05) is 35.9 Å². The van der Waals surface area contributed by atoms with Gasteiger partial charge in [0.05, 0.1) is 5.69 Å². The van der Waals surface area contributed by atoms with Crippen LogP contribution in [-0.4, -0.2) is 9.78 Å². The van der Waals surface area contributed by atoms with Crippen LogP contribution in [0.15, 0.2) is 24.3 Å². The number of aromatic nitrogens is 2. The monoisotopic (exact) mass is 297 g/mol. The van der Waals surface area contributed by atoms with Gasteiger partial charge in [-0.25, -0.2) is 0 Å². The van der Waals surface area contributed by atoms with Crippen molar-refractivity contribution < 1.29 is 0 Å². The molecular weight excluding hydrogens is 281 g/mol. The molecule has 0 aliphatic heterocycles. The van der Waals surface area contributed by atoms with E-state index in [1.807, 2.05) is 26.1 Å². The third-order valence-corrected chi connectivity index (χ3v) is 3.86. The predicted octanol–water partition coefficient (Wildman–Crippen LogP) is 3.41. The zero-order valence-corrected chi connectivity index (χ0v) is 12.6. The van der Waals surface area contributed by atoms with Gasteiger partial charge in [0, 0.05) is 31.6 Å². The van der Waals surface area contributed by atoms with Crippen LogP contribution in [0, 0.1) is 6.92 Å². The molecule has 0 saturated heterocycles. The van der Waals surface area contributed by atoms with Crippen LogP contribution in [0.4, 0.5) is 0 Å². The molecule has 0 aliphatic rings. The molecule has 0 fully saturated rings. The van der Waals surface area contributed by atoms with E-state index < -0.39 is 0 Å². The number of benzene rings is 1. The topological polar surface area (TPSA) is 29.9 Å². The van der Waals surface area contributed by atoms with Crippen LogP contribution in [0.1, 0.15) is 22.4 Å². The number of aryl methyl sites for hydroxylation is 2. The maximum Gasteiger partial charge on any atom is 0.131 e. The van der Waals surface area contributed by atoms with E-state index in [0.29, 0.717) is 11.0 Å². The molecule has 0 saturated carbocycles. The van der Waals surface area contributed by atoms with Gasteiger partial charge in [-0.3, -0.25) is 4.68 Å². The molecule has 2 rings (SSSR count). The zero-order valence-electron chi connectivity index (χ0n) is 11.1. The van der Waals surface area contributed by atoms with Crippen LogP contribution in [0.3, 0.4) is 0 Å². The summed E-state index contributed by atoms with van der Waals surface area (Å²) in [4.78, 5) is 0. The van der Waals surface area contributed by atoms with E-state index in [2.05, 4.69) is 22.5 Å². The zero-order chi connectivity index (χ0) is 13.8. The summed E-state index contributed by atoms with van der Waals surface area (Å²) in [7, 11) is 1.85. The maximum atomic E-state index is 6.18. The largest absolute Gasteiger partial charge is 0.308 e. The van der Waals surface area contributed by atoms with Crippen LogP contribution in [0.2, 0.25) is 5.15 Å². The van der Waals surface area contributed by atoms with E-state index in [1.165, 1.54) is 5.56 Å². The van der Waals surface area contributed by atoms with Gasteiger partial charge in [0.25, 0.3) is 0 Å². The second kappa shape index (κ2) is 6.42. The molecule has 0 bridgehead atoms. The Kier molecular flexibility index (Phi) is 4.86. The smallest absolute Gasteiger partial charge is 0.131 e. The lowest BCUT2D eigenvalue weighted by atomic mass is 10.1. The predicted molar refractivity (Wildman–Crippen MR) is 79.5 cm³/mol. The lowest BCUT2D eigenvalue weighted by Crippen LogP contribution is -2.13. The van der Waals surface area contributed by atoms with Gasteiger partial charge < -0.3 is 5.32 Å². The average molecular weight is 298 g/mol. The van der Waals surface area contributed by atoms with Gasteiger partial charge in [0.1, 0.15) is 5.15 Å². The Hall–Kier alpha value is -1.03. The summed E-state index contributed by atoms with van der Waals surface area (Å²) >= 11 is 11.9. The van der Waals surface area contributed by atoms with Crippen molar-refractivity contribution >= 4 is 23.2 Å². The van der Waals surface area contributed by atoms with Crippen LogP contribution in [0.25, 0.3) is 0 Å². The van der Waals surface area contributed by atoms with Gasteiger partial charge in [0.15, 0.2) is 0 Å². The minimum Gasteiger partial charge on any atom is -0.308 e. The van der Waals surface area contributed by atoms with Crippen LogP contribution < -0.4 is 5.32 Å². The quantitative estimate of drug-likeness (QED) is 0.857. The minimum atomic E-state index is 0.554. The minimum absolute atomic E-state index is 0.554. The molecule has 5 heteroatoms. The fourth-order valence-corrected chi connectivity index (χ4v) is 2.37. The van der Waals surface area contributed by atoms with Gasteiger partial charge >= 0.3 is 0 Å². The second-order valence-electron chi connectivity index (χ2n) is 4.53. The normalized spacial score (nSPS) is 10.9. The van der Waals surface area contributed by atoms with E-state index >= 15 is 0 Å². The van der Waals surface area contributed by atoms with Gasteiger partial charge in [-0.15, -0.1) is 11.6 Å². The number of halogens is 2. The van der Waals surface area contributed by atoms with Gasteiger partial charge in [-0.05, 0) is 18.1 Å². The Balaban J connectivity index is 1.92. The molecule has 0 amide bonds. The summed E-state index contributed by atoms with van der Waals surface area (Å²) in [5, 5.41) is 8.37. The first-order valence-corrected chi connectivity index (χ1v) is 7.05. The number of hydrogen-bond acceptors (Lipinski definition) is 2. The Morgan fingerprint density at radius 1 is 1.16 bits per heavy atom. The number of rotatable bonds is 5. The van der Waals surface area contributed by atoms with Gasteiger partial charge in [-0.2, -0.15) is 5.10 Å². The summed E-state index contributed by atoms with van der Waals surface area (Å²) in [5.41, 5.74) is 4.39. The van der Waals surface area contributed by atoms with Gasteiger partial charge in [0.2, 0.25) is 0 Å². The number of nitrogens with one attached hydrogen (secondary N) is 1.